The van der Waals surface area contributed by atoms with Crippen LogP contribution in [0.2, 0.25) is 0 Å². The van der Waals surface area contributed by atoms with Crippen LogP contribution in [0.5, 0.6) is 11.5 Å². The number of ether oxygens (including phenoxy) is 2. The van der Waals surface area contributed by atoms with Gasteiger partial charge in [0.15, 0.2) is 0 Å². The normalized spacial score (nSPS) is 14.6. The first-order valence-electron chi connectivity index (χ1n) is 11.3. The molecule has 0 unspecified atom stereocenters. The van der Waals surface area contributed by atoms with Crippen LogP contribution >= 0.6 is 0 Å². The quantitative estimate of drug-likeness (QED) is 0.565. The summed E-state index contributed by atoms with van der Waals surface area (Å²) in [6.07, 6.45) is 0. The molecule has 1 heterocycles. The van der Waals surface area contributed by atoms with Gasteiger partial charge in [0.25, 0.3) is 0 Å². The van der Waals surface area contributed by atoms with E-state index in [9.17, 15) is 4.79 Å². The summed E-state index contributed by atoms with van der Waals surface area (Å²) in [5, 5.41) is 3.11. The largest absolute Gasteiger partial charge is 0.497 e. The van der Waals surface area contributed by atoms with Crippen LogP contribution in [0.3, 0.4) is 0 Å². The number of hydrogen-bond acceptors (Lipinski definition) is 5. The van der Waals surface area contributed by atoms with Crippen molar-refractivity contribution in [3.63, 3.8) is 0 Å². The van der Waals surface area contributed by atoms with Crippen molar-refractivity contribution >= 4 is 11.6 Å². The fraction of sp³-hybridized carbons (Fsp3) is 0.296. The number of methoxy groups -OCH3 is 2. The van der Waals surface area contributed by atoms with Crippen LogP contribution in [-0.4, -0.2) is 62.7 Å². The Morgan fingerprint density at radius 1 is 0.848 bits per heavy atom. The number of piperazine rings is 1. The lowest BCUT2D eigenvalue weighted by Crippen LogP contribution is -2.48. The average Bonchev–Trinajstić information content (AvgIpc) is 2.86. The molecular weight excluding hydrogens is 414 g/mol. The Hall–Kier alpha value is -3.35. The SMILES string of the molecule is COc1ccc(OC)c(CN2CCN(CC(=O)Nc3ccccc3-c3ccccc3)CC2)c1. The molecule has 0 spiro atoms. The van der Waals surface area contributed by atoms with E-state index in [0.717, 1.165) is 66.6 Å². The van der Waals surface area contributed by atoms with Crippen molar-refractivity contribution in [3.05, 3.63) is 78.4 Å². The van der Waals surface area contributed by atoms with Gasteiger partial charge in [0, 0.05) is 49.5 Å². The second-order valence-electron chi connectivity index (χ2n) is 8.19. The summed E-state index contributed by atoms with van der Waals surface area (Å²) in [4.78, 5) is 17.4. The zero-order valence-corrected chi connectivity index (χ0v) is 19.3. The molecule has 1 aliphatic rings. The minimum absolute atomic E-state index is 0.0151. The third kappa shape index (κ3) is 5.92. The highest BCUT2D eigenvalue weighted by Gasteiger charge is 2.21. The predicted octanol–water partition coefficient (Wildman–Crippen LogP) is 4.13. The van der Waals surface area contributed by atoms with Gasteiger partial charge in [-0.05, 0) is 29.8 Å². The number of rotatable bonds is 8. The monoisotopic (exact) mass is 445 g/mol. The zero-order chi connectivity index (χ0) is 23.0. The minimum Gasteiger partial charge on any atom is -0.497 e. The average molecular weight is 446 g/mol. The van der Waals surface area contributed by atoms with E-state index in [1.165, 1.54) is 0 Å². The summed E-state index contributed by atoms with van der Waals surface area (Å²) >= 11 is 0. The van der Waals surface area contributed by atoms with Crippen LogP contribution in [0.15, 0.2) is 72.8 Å². The molecule has 172 valence electrons. The highest BCUT2D eigenvalue weighted by atomic mass is 16.5. The van der Waals surface area contributed by atoms with Gasteiger partial charge in [-0.1, -0.05) is 48.5 Å². The topological polar surface area (TPSA) is 54.0 Å². The summed E-state index contributed by atoms with van der Waals surface area (Å²) in [5.74, 6) is 1.72. The molecule has 1 N–H and O–H groups in total. The van der Waals surface area contributed by atoms with Crippen molar-refractivity contribution in [2.45, 2.75) is 6.54 Å². The molecule has 0 bridgehead atoms. The third-order valence-electron chi connectivity index (χ3n) is 6.00. The molecule has 6 nitrogen and oxygen atoms in total. The van der Waals surface area contributed by atoms with Crippen molar-refractivity contribution < 1.29 is 14.3 Å². The smallest absolute Gasteiger partial charge is 0.238 e. The van der Waals surface area contributed by atoms with Crippen molar-refractivity contribution in [2.75, 3.05) is 52.3 Å². The van der Waals surface area contributed by atoms with Crippen molar-refractivity contribution in [2.24, 2.45) is 0 Å². The number of hydrogen-bond donors (Lipinski definition) is 1. The van der Waals surface area contributed by atoms with E-state index in [4.69, 9.17) is 9.47 Å². The maximum absolute atomic E-state index is 12.8. The molecule has 1 aliphatic heterocycles. The number of benzene rings is 3. The summed E-state index contributed by atoms with van der Waals surface area (Å²) < 4.78 is 10.9. The van der Waals surface area contributed by atoms with Gasteiger partial charge >= 0.3 is 0 Å². The third-order valence-corrected chi connectivity index (χ3v) is 6.00. The summed E-state index contributed by atoms with van der Waals surface area (Å²) in [6.45, 7) is 4.67. The zero-order valence-electron chi connectivity index (χ0n) is 19.3. The van der Waals surface area contributed by atoms with E-state index in [-0.39, 0.29) is 5.91 Å². The molecule has 1 saturated heterocycles. The van der Waals surface area contributed by atoms with Crippen LogP contribution in [0.1, 0.15) is 5.56 Å². The van der Waals surface area contributed by atoms with Crippen molar-refractivity contribution in [3.8, 4) is 22.6 Å². The van der Waals surface area contributed by atoms with E-state index >= 15 is 0 Å². The lowest BCUT2D eigenvalue weighted by atomic mass is 10.0. The molecule has 0 aliphatic carbocycles. The standard InChI is InChI=1S/C27H31N3O3/c1-32-23-12-13-26(33-2)22(18-23)19-29-14-16-30(17-15-29)20-27(31)28-25-11-7-6-10-24(25)21-8-4-3-5-9-21/h3-13,18H,14-17,19-20H2,1-2H3,(H,28,31). The molecule has 6 heteroatoms. The first-order chi connectivity index (χ1) is 16.2. The number of carbonyl (C=O) groups excluding carboxylic acids is 1. The van der Waals surface area contributed by atoms with Crippen LogP contribution in [-0.2, 0) is 11.3 Å². The van der Waals surface area contributed by atoms with Gasteiger partial charge in [-0.3, -0.25) is 14.6 Å². The molecule has 0 saturated carbocycles. The molecular formula is C27H31N3O3. The maximum atomic E-state index is 12.8. The Bertz CT molecular complexity index is 1060. The van der Waals surface area contributed by atoms with Gasteiger partial charge < -0.3 is 14.8 Å². The highest BCUT2D eigenvalue weighted by Crippen LogP contribution is 2.28. The van der Waals surface area contributed by atoms with Crippen LogP contribution in [0.4, 0.5) is 5.69 Å². The van der Waals surface area contributed by atoms with E-state index < -0.39 is 0 Å². The van der Waals surface area contributed by atoms with Gasteiger partial charge in [0.1, 0.15) is 11.5 Å². The summed E-state index contributed by atoms with van der Waals surface area (Å²) in [5.41, 5.74) is 4.08. The first kappa shape index (κ1) is 22.8. The van der Waals surface area contributed by atoms with Gasteiger partial charge in [0.05, 0.1) is 20.8 Å². The Balaban J connectivity index is 1.31. The van der Waals surface area contributed by atoms with Crippen molar-refractivity contribution in [1.29, 1.82) is 0 Å². The van der Waals surface area contributed by atoms with Gasteiger partial charge in [0.2, 0.25) is 5.91 Å². The van der Waals surface area contributed by atoms with Gasteiger partial charge in [-0.15, -0.1) is 0 Å². The van der Waals surface area contributed by atoms with E-state index in [2.05, 4.69) is 27.2 Å². The van der Waals surface area contributed by atoms with E-state index in [1.807, 2.05) is 60.7 Å². The molecule has 0 radical (unpaired) electrons. The number of amides is 1. The number of nitrogens with one attached hydrogen (secondary N) is 1. The molecule has 3 aromatic carbocycles. The molecule has 1 fully saturated rings. The van der Waals surface area contributed by atoms with E-state index in [0.29, 0.717) is 6.54 Å². The highest BCUT2D eigenvalue weighted by molar-refractivity contribution is 5.96. The van der Waals surface area contributed by atoms with Crippen LogP contribution in [0, 0.1) is 0 Å². The number of nitrogens with zero attached hydrogens (tertiary/aromatic N) is 2. The lowest BCUT2D eigenvalue weighted by molar-refractivity contribution is -0.117. The predicted molar refractivity (Wildman–Crippen MR) is 132 cm³/mol. The van der Waals surface area contributed by atoms with Crippen LogP contribution in [0.25, 0.3) is 11.1 Å². The molecule has 0 atom stereocenters. The first-order valence-corrected chi connectivity index (χ1v) is 11.3. The lowest BCUT2D eigenvalue weighted by Gasteiger charge is -2.34. The summed E-state index contributed by atoms with van der Waals surface area (Å²) in [6, 6.07) is 24.0. The Labute approximate surface area is 195 Å². The molecule has 0 aromatic heterocycles. The molecule has 1 amide bonds. The number of anilines is 1. The van der Waals surface area contributed by atoms with Crippen molar-refractivity contribution in [1.82, 2.24) is 9.80 Å². The van der Waals surface area contributed by atoms with Gasteiger partial charge in [-0.25, -0.2) is 0 Å². The Morgan fingerprint density at radius 3 is 2.27 bits per heavy atom. The second kappa shape index (κ2) is 11.0. The fourth-order valence-electron chi connectivity index (χ4n) is 4.21. The minimum atomic E-state index is 0.0151. The summed E-state index contributed by atoms with van der Waals surface area (Å²) in [7, 11) is 3.37. The molecule has 3 aromatic rings. The Morgan fingerprint density at radius 2 is 1.55 bits per heavy atom. The Kier molecular flexibility index (Phi) is 7.60. The van der Waals surface area contributed by atoms with E-state index in [1.54, 1.807) is 14.2 Å². The fourth-order valence-corrected chi connectivity index (χ4v) is 4.21. The molecule has 33 heavy (non-hydrogen) atoms. The second-order valence-corrected chi connectivity index (χ2v) is 8.19. The number of para-hydroxylation sites is 1. The van der Waals surface area contributed by atoms with Gasteiger partial charge in [-0.2, -0.15) is 0 Å². The maximum Gasteiger partial charge on any atom is 0.238 e. The molecule has 4 rings (SSSR count). The number of carbonyl (C=O) groups is 1. The van der Waals surface area contributed by atoms with Crippen LogP contribution < -0.4 is 14.8 Å².